The third-order valence-corrected chi connectivity index (χ3v) is 4.97. The maximum absolute atomic E-state index is 12.7. The first-order valence-electron chi connectivity index (χ1n) is 10.2. The molecule has 2 aromatic carbocycles. The smallest absolute Gasteiger partial charge is 0.253 e. The van der Waals surface area contributed by atoms with Gasteiger partial charge in [0, 0.05) is 42.9 Å². The van der Waals surface area contributed by atoms with E-state index in [1.54, 1.807) is 48.5 Å². The number of carbonyl (C=O) groups is 3. The van der Waals surface area contributed by atoms with Crippen LogP contribution in [0.25, 0.3) is 0 Å². The molecule has 2 N–H and O–H groups in total. The maximum Gasteiger partial charge on any atom is 0.253 e. The summed E-state index contributed by atoms with van der Waals surface area (Å²) in [7, 11) is 0. The van der Waals surface area contributed by atoms with Crippen molar-refractivity contribution in [3.63, 3.8) is 0 Å². The number of hydrogen-bond donors (Lipinski definition) is 2. The lowest BCUT2D eigenvalue weighted by atomic mass is 10.0. The van der Waals surface area contributed by atoms with E-state index in [1.807, 2.05) is 11.8 Å². The molecule has 0 saturated carbocycles. The van der Waals surface area contributed by atoms with Gasteiger partial charge in [-0.3, -0.25) is 14.4 Å². The largest absolute Gasteiger partial charge is 0.494 e. The number of carbonyl (C=O) groups excluding carboxylic acids is 3. The molecule has 2 aromatic rings. The molecule has 0 spiro atoms. The van der Waals surface area contributed by atoms with Crippen LogP contribution >= 0.6 is 0 Å². The van der Waals surface area contributed by atoms with Crippen LogP contribution in [-0.4, -0.2) is 48.4 Å². The van der Waals surface area contributed by atoms with E-state index in [9.17, 15) is 14.4 Å². The van der Waals surface area contributed by atoms with Crippen LogP contribution in [0.1, 0.15) is 47.4 Å². The highest BCUT2D eigenvalue weighted by atomic mass is 16.5. The molecule has 0 atom stereocenters. The average molecular weight is 409 g/mol. The summed E-state index contributed by atoms with van der Waals surface area (Å²) in [5.74, 6) is 0.375. The summed E-state index contributed by atoms with van der Waals surface area (Å²) in [6, 6.07) is 14.0. The van der Waals surface area contributed by atoms with Crippen molar-refractivity contribution in [3.8, 4) is 5.75 Å². The number of rotatable bonds is 6. The molecule has 1 fully saturated rings. The number of amides is 3. The summed E-state index contributed by atoms with van der Waals surface area (Å²) in [5.41, 5.74) is 1.72. The van der Waals surface area contributed by atoms with Gasteiger partial charge in [-0.25, -0.2) is 0 Å². The Kier molecular flexibility index (Phi) is 7.06. The van der Waals surface area contributed by atoms with E-state index in [0.29, 0.717) is 49.4 Å². The molecular formula is C23H27N3O4. The molecule has 1 aliphatic heterocycles. The van der Waals surface area contributed by atoms with Crippen LogP contribution in [0.5, 0.6) is 5.75 Å². The first-order chi connectivity index (χ1) is 14.5. The van der Waals surface area contributed by atoms with Crippen molar-refractivity contribution in [1.82, 2.24) is 10.2 Å². The minimum Gasteiger partial charge on any atom is -0.494 e. The third-order valence-electron chi connectivity index (χ3n) is 4.97. The standard InChI is InChI=1S/C23H27N3O4/c1-3-30-21-9-7-17(8-10-21)23(29)26-13-11-19(12-14-26)25-22(28)18-5-4-6-20(15-18)24-16(2)27/h4-10,15,19H,3,11-14H2,1-2H3,(H,24,27)(H,25,28). The summed E-state index contributed by atoms with van der Waals surface area (Å²) < 4.78 is 5.41. The van der Waals surface area contributed by atoms with Crippen molar-refractivity contribution < 1.29 is 19.1 Å². The van der Waals surface area contributed by atoms with Gasteiger partial charge < -0.3 is 20.3 Å². The fourth-order valence-corrected chi connectivity index (χ4v) is 3.48. The van der Waals surface area contributed by atoms with Crippen molar-refractivity contribution in [1.29, 1.82) is 0 Å². The predicted octanol–water partition coefficient (Wildman–Crippen LogP) is 3.08. The molecule has 7 heteroatoms. The van der Waals surface area contributed by atoms with Gasteiger partial charge in [-0.2, -0.15) is 0 Å². The summed E-state index contributed by atoms with van der Waals surface area (Å²) in [4.78, 5) is 38.3. The molecule has 1 aliphatic rings. The fraction of sp³-hybridized carbons (Fsp3) is 0.348. The number of benzene rings is 2. The van der Waals surface area contributed by atoms with Crippen molar-refractivity contribution in [2.45, 2.75) is 32.7 Å². The summed E-state index contributed by atoms with van der Waals surface area (Å²) >= 11 is 0. The molecular weight excluding hydrogens is 382 g/mol. The van der Waals surface area contributed by atoms with Crippen LogP contribution in [-0.2, 0) is 4.79 Å². The monoisotopic (exact) mass is 409 g/mol. The Morgan fingerprint density at radius 2 is 1.73 bits per heavy atom. The second-order valence-electron chi connectivity index (χ2n) is 7.26. The van der Waals surface area contributed by atoms with Crippen LogP contribution in [0.4, 0.5) is 5.69 Å². The van der Waals surface area contributed by atoms with E-state index < -0.39 is 0 Å². The quantitative estimate of drug-likeness (QED) is 0.768. The second-order valence-corrected chi connectivity index (χ2v) is 7.26. The van der Waals surface area contributed by atoms with Crippen LogP contribution in [0, 0.1) is 0 Å². The maximum atomic E-state index is 12.7. The Balaban J connectivity index is 1.52. The van der Waals surface area contributed by atoms with Crippen molar-refractivity contribution in [3.05, 3.63) is 59.7 Å². The Bertz CT molecular complexity index is 903. The van der Waals surface area contributed by atoms with Gasteiger partial charge >= 0.3 is 0 Å². The van der Waals surface area contributed by atoms with Gasteiger partial charge in [0.05, 0.1) is 6.61 Å². The topological polar surface area (TPSA) is 87.7 Å². The molecule has 0 unspecified atom stereocenters. The Morgan fingerprint density at radius 3 is 2.37 bits per heavy atom. The Hall–Kier alpha value is -3.35. The average Bonchev–Trinajstić information content (AvgIpc) is 2.74. The number of hydrogen-bond acceptors (Lipinski definition) is 4. The van der Waals surface area contributed by atoms with Gasteiger partial charge in [-0.15, -0.1) is 0 Å². The summed E-state index contributed by atoms with van der Waals surface area (Å²) in [6.45, 7) is 5.10. The van der Waals surface area contributed by atoms with E-state index >= 15 is 0 Å². The minimum atomic E-state index is -0.183. The van der Waals surface area contributed by atoms with E-state index in [0.717, 1.165) is 5.75 Å². The van der Waals surface area contributed by atoms with E-state index in [-0.39, 0.29) is 23.8 Å². The first kappa shape index (κ1) is 21.4. The highest BCUT2D eigenvalue weighted by Gasteiger charge is 2.25. The van der Waals surface area contributed by atoms with E-state index in [4.69, 9.17) is 4.74 Å². The Morgan fingerprint density at radius 1 is 1.03 bits per heavy atom. The van der Waals surface area contributed by atoms with Gasteiger partial charge in [-0.1, -0.05) is 6.07 Å². The first-order valence-corrected chi connectivity index (χ1v) is 10.2. The lowest BCUT2D eigenvalue weighted by molar-refractivity contribution is -0.114. The molecule has 0 radical (unpaired) electrons. The third kappa shape index (κ3) is 5.59. The minimum absolute atomic E-state index is 0.00584. The SMILES string of the molecule is CCOc1ccc(C(=O)N2CCC(NC(=O)c3cccc(NC(C)=O)c3)CC2)cc1. The van der Waals surface area contributed by atoms with E-state index in [2.05, 4.69) is 10.6 Å². The Labute approximate surface area is 176 Å². The summed E-state index contributed by atoms with van der Waals surface area (Å²) in [6.07, 6.45) is 1.39. The van der Waals surface area contributed by atoms with Gasteiger partial charge in [0.25, 0.3) is 11.8 Å². The van der Waals surface area contributed by atoms with Gasteiger partial charge in [-0.05, 0) is 62.2 Å². The lowest BCUT2D eigenvalue weighted by Crippen LogP contribution is -2.46. The molecule has 3 amide bonds. The van der Waals surface area contributed by atoms with Crippen LogP contribution in [0.15, 0.2) is 48.5 Å². The highest BCUT2D eigenvalue weighted by Crippen LogP contribution is 2.18. The molecule has 158 valence electrons. The van der Waals surface area contributed by atoms with Gasteiger partial charge in [0.15, 0.2) is 0 Å². The van der Waals surface area contributed by atoms with Crippen molar-refractivity contribution in [2.75, 3.05) is 25.0 Å². The van der Waals surface area contributed by atoms with Crippen molar-refractivity contribution >= 4 is 23.4 Å². The molecule has 1 saturated heterocycles. The molecule has 0 aromatic heterocycles. The zero-order valence-corrected chi connectivity index (χ0v) is 17.3. The number of nitrogens with zero attached hydrogens (tertiary/aromatic N) is 1. The second kappa shape index (κ2) is 9.91. The molecule has 0 aliphatic carbocycles. The number of anilines is 1. The molecule has 7 nitrogen and oxygen atoms in total. The predicted molar refractivity (Wildman–Crippen MR) is 115 cm³/mol. The highest BCUT2D eigenvalue weighted by molar-refractivity contribution is 5.97. The fourth-order valence-electron chi connectivity index (χ4n) is 3.48. The van der Waals surface area contributed by atoms with Crippen molar-refractivity contribution in [2.24, 2.45) is 0 Å². The molecule has 30 heavy (non-hydrogen) atoms. The van der Waals surface area contributed by atoms with E-state index in [1.165, 1.54) is 6.92 Å². The molecule has 0 bridgehead atoms. The number of piperidine rings is 1. The van der Waals surface area contributed by atoms with Crippen LogP contribution in [0.2, 0.25) is 0 Å². The molecule has 3 rings (SSSR count). The van der Waals surface area contributed by atoms with Gasteiger partial charge in [0.2, 0.25) is 5.91 Å². The lowest BCUT2D eigenvalue weighted by Gasteiger charge is -2.32. The van der Waals surface area contributed by atoms with Crippen LogP contribution < -0.4 is 15.4 Å². The number of nitrogens with one attached hydrogen (secondary N) is 2. The summed E-state index contributed by atoms with van der Waals surface area (Å²) in [5, 5.41) is 5.71. The zero-order valence-electron chi connectivity index (χ0n) is 17.3. The zero-order chi connectivity index (χ0) is 21.5. The van der Waals surface area contributed by atoms with Crippen LogP contribution in [0.3, 0.4) is 0 Å². The van der Waals surface area contributed by atoms with Gasteiger partial charge in [0.1, 0.15) is 5.75 Å². The molecule has 1 heterocycles. The number of ether oxygens (including phenoxy) is 1. The normalized spacial score (nSPS) is 14.1. The number of likely N-dealkylation sites (tertiary alicyclic amines) is 1.